The number of allylic oxidation sites excluding steroid dienone is 1. The van der Waals surface area contributed by atoms with Crippen molar-refractivity contribution in [3.8, 4) is 11.5 Å². The van der Waals surface area contributed by atoms with Gasteiger partial charge < -0.3 is 14.2 Å². The van der Waals surface area contributed by atoms with Gasteiger partial charge in [0.15, 0.2) is 0 Å². The number of methoxy groups -OCH3 is 3. The summed E-state index contributed by atoms with van der Waals surface area (Å²) in [7, 11) is 1.10. The molecule has 30 heavy (non-hydrogen) atoms. The van der Waals surface area contributed by atoms with Crippen molar-refractivity contribution in [3.05, 3.63) is 72.3 Å². The maximum atomic E-state index is 13.5. The normalized spacial score (nSPS) is 12.5. The Kier molecular flexibility index (Phi) is 9.36. The van der Waals surface area contributed by atoms with Crippen molar-refractivity contribution >= 4 is 10.0 Å². The predicted molar refractivity (Wildman–Crippen MR) is 119 cm³/mol. The standard InChI is InChI=1S/C23H31NO5S/c1-5-6-7-23(18-27-2)30(25,26)24(16-19-8-12-21(28-3)13-9-19)17-20-10-14-22(29-4)15-11-20/h5,8-15,23H,1,6-7,16-18H2,2-4H3/t23-/m1/s1. The van der Waals surface area contributed by atoms with Crippen LogP contribution in [0.5, 0.6) is 11.5 Å². The van der Waals surface area contributed by atoms with Crippen LogP contribution in [0.1, 0.15) is 24.0 Å². The lowest BCUT2D eigenvalue weighted by Gasteiger charge is -2.27. The maximum absolute atomic E-state index is 13.5. The van der Waals surface area contributed by atoms with Gasteiger partial charge in [0.2, 0.25) is 10.0 Å². The summed E-state index contributed by atoms with van der Waals surface area (Å²) in [5, 5.41) is -0.642. The summed E-state index contributed by atoms with van der Waals surface area (Å²) < 4.78 is 44.2. The number of rotatable bonds is 13. The molecule has 0 aromatic heterocycles. The average molecular weight is 434 g/mol. The van der Waals surface area contributed by atoms with Gasteiger partial charge in [-0.3, -0.25) is 0 Å². The van der Waals surface area contributed by atoms with E-state index in [9.17, 15) is 8.42 Å². The van der Waals surface area contributed by atoms with Gasteiger partial charge in [0.05, 0.1) is 26.1 Å². The molecule has 0 aliphatic carbocycles. The SMILES string of the molecule is C=CCC[C@H](COC)S(=O)(=O)N(Cc1ccc(OC)cc1)Cc1ccc(OC)cc1. The first kappa shape index (κ1) is 23.9. The average Bonchev–Trinajstić information content (AvgIpc) is 2.77. The molecule has 0 N–H and O–H groups in total. The van der Waals surface area contributed by atoms with E-state index >= 15 is 0 Å². The topological polar surface area (TPSA) is 65.1 Å². The fourth-order valence-electron chi connectivity index (χ4n) is 3.12. The molecule has 2 aromatic carbocycles. The first-order valence-corrected chi connectivity index (χ1v) is 11.3. The fourth-order valence-corrected chi connectivity index (χ4v) is 4.95. The molecule has 2 aromatic rings. The third-order valence-electron chi connectivity index (χ3n) is 4.86. The molecule has 0 aliphatic rings. The van der Waals surface area contributed by atoms with E-state index < -0.39 is 15.3 Å². The molecule has 1 atom stereocenters. The van der Waals surface area contributed by atoms with E-state index in [1.807, 2.05) is 48.5 Å². The molecule has 0 radical (unpaired) electrons. The number of hydrogen-bond donors (Lipinski definition) is 0. The molecule has 7 heteroatoms. The Hall–Kier alpha value is -2.35. The predicted octanol–water partition coefficient (Wildman–Crippen LogP) is 4.02. The van der Waals surface area contributed by atoms with Crippen LogP contribution in [0.2, 0.25) is 0 Å². The molecule has 2 rings (SSSR count). The number of benzene rings is 2. The maximum Gasteiger partial charge on any atom is 0.219 e. The van der Waals surface area contributed by atoms with Gasteiger partial charge in [-0.15, -0.1) is 6.58 Å². The summed E-state index contributed by atoms with van der Waals surface area (Å²) in [6, 6.07) is 14.8. The minimum Gasteiger partial charge on any atom is -0.497 e. The van der Waals surface area contributed by atoms with Gasteiger partial charge in [-0.25, -0.2) is 8.42 Å². The highest BCUT2D eigenvalue weighted by Gasteiger charge is 2.32. The molecule has 0 amide bonds. The lowest BCUT2D eigenvalue weighted by molar-refractivity contribution is 0.191. The largest absolute Gasteiger partial charge is 0.497 e. The summed E-state index contributed by atoms with van der Waals surface area (Å²) in [4.78, 5) is 0. The van der Waals surface area contributed by atoms with Crippen molar-refractivity contribution in [3.63, 3.8) is 0 Å². The Balaban J connectivity index is 2.34. The van der Waals surface area contributed by atoms with Gasteiger partial charge in [0.25, 0.3) is 0 Å². The van der Waals surface area contributed by atoms with E-state index in [-0.39, 0.29) is 19.7 Å². The zero-order valence-corrected chi connectivity index (χ0v) is 18.7. The van der Waals surface area contributed by atoms with Gasteiger partial charge in [0.1, 0.15) is 11.5 Å². The number of ether oxygens (including phenoxy) is 3. The Morgan fingerprint density at radius 2 is 1.37 bits per heavy atom. The fraction of sp³-hybridized carbons (Fsp3) is 0.391. The van der Waals surface area contributed by atoms with E-state index in [1.54, 1.807) is 20.3 Å². The summed E-state index contributed by atoms with van der Waals surface area (Å²) in [5.74, 6) is 1.46. The molecule has 6 nitrogen and oxygen atoms in total. The third-order valence-corrected chi connectivity index (χ3v) is 7.05. The van der Waals surface area contributed by atoms with E-state index in [4.69, 9.17) is 14.2 Å². The van der Waals surface area contributed by atoms with Crippen LogP contribution in [0.4, 0.5) is 0 Å². The van der Waals surface area contributed by atoms with Crippen LogP contribution in [0.3, 0.4) is 0 Å². The first-order chi connectivity index (χ1) is 14.4. The van der Waals surface area contributed by atoms with E-state index in [1.165, 1.54) is 11.4 Å². The molecule has 0 fully saturated rings. The second kappa shape index (κ2) is 11.7. The van der Waals surface area contributed by atoms with Gasteiger partial charge in [-0.05, 0) is 48.2 Å². The van der Waals surface area contributed by atoms with Gasteiger partial charge in [-0.2, -0.15) is 4.31 Å². The van der Waals surface area contributed by atoms with Gasteiger partial charge in [-0.1, -0.05) is 30.3 Å². The lowest BCUT2D eigenvalue weighted by Crippen LogP contribution is -2.40. The number of nitrogens with zero attached hydrogens (tertiary/aromatic N) is 1. The second-order valence-electron chi connectivity index (χ2n) is 6.95. The summed E-state index contributed by atoms with van der Waals surface area (Å²) in [6.07, 6.45) is 2.79. The Bertz CT molecular complexity index is 829. The molecular formula is C23H31NO5S. The van der Waals surface area contributed by atoms with Crippen LogP contribution in [0.15, 0.2) is 61.2 Å². The highest BCUT2D eigenvalue weighted by Crippen LogP contribution is 2.23. The van der Waals surface area contributed by atoms with Crippen molar-refractivity contribution in [2.24, 2.45) is 0 Å². The zero-order valence-electron chi connectivity index (χ0n) is 17.9. The number of hydrogen-bond acceptors (Lipinski definition) is 5. The van der Waals surface area contributed by atoms with Crippen molar-refractivity contribution in [1.29, 1.82) is 0 Å². The van der Waals surface area contributed by atoms with E-state index in [0.29, 0.717) is 12.8 Å². The van der Waals surface area contributed by atoms with E-state index in [2.05, 4.69) is 6.58 Å². The van der Waals surface area contributed by atoms with Crippen LogP contribution in [0, 0.1) is 0 Å². The second-order valence-corrected chi connectivity index (χ2v) is 9.17. The molecule has 0 saturated heterocycles. The van der Waals surface area contributed by atoms with Gasteiger partial charge >= 0.3 is 0 Å². The molecule has 0 heterocycles. The van der Waals surface area contributed by atoms with E-state index in [0.717, 1.165) is 22.6 Å². The van der Waals surface area contributed by atoms with Crippen molar-refractivity contribution < 1.29 is 22.6 Å². The monoisotopic (exact) mass is 433 g/mol. The highest BCUT2D eigenvalue weighted by atomic mass is 32.2. The quantitative estimate of drug-likeness (QED) is 0.447. The summed E-state index contributed by atoms with van der Waals surface area (Å²) in [6.45, 7) is 4.36. The molecule has 0 saturated carbocycles. The smallest absolute Gasteiger partial charge is 0.219 e. The van der Waals surface area contributed by atoms with Crippen molar-refractivity contribution in [2.45, 2.75) is 31.2 Å². The Labute approximate surface area is 180 Å². The molecular weight excluding hydrogens is 402 g/mol. The van der Waals surface area contributed by atoms with Crippen LogP contribution in [-0.2, 0) is 27.8 Å². The first-order valence-electron chi connectivity index (χ1n) is 9.79. The minimum absolute atomic E-state index is 0.137. The molecule has 164 valence electrons. The van der Waals surface area contributed by atoms with Crippen molar-refractivity contribution in [1.82, 2.24) is 4.31 Å². The van der Waals surface area contributed by atoms with Crippen LogP contribution in [-0.4, -0.2) is 45.9 Å². The van der Waals surface area contributed by atoms with Gasteiger partial charge in [0, 0.05) is 20.2 Å². The summed E-state index contributed by atoms with van der Waals surface area (Å²) in [5.41, 5.74) is 1.76. The zero-order chi connectivity index (χ0) is 22.0. The van der Waals surface area contributed by atoms with Crippen LogP contribution >= 0.6 is 0 Å². The highest BCUT2D eigenvalue weighted by molar-refractivity contribution is 7.89. The number of sulfonamides is 1. The molecule has 0 aliphatic heterocycles. The Morgan fingerprint density at radius 3 is 1.73 bits per heavy atom. The molecule has 0 bridgehead atoms. The van der Waals surface area contributed by atoms with Crippen LogP contribution < -0.4 is 9.47 Å². The Morgan fingerprint density at radius 1 is 0.900 bits per heavy atom. The van der Waals surface area contributed by atoms with Crippen LogP contribution in [0.25, 0.3) is 0 Å². The molecule has 0 unspecified atom stereocenters. The molecule has 0 spiro atoms. The van der Waals surface area contributed by atoms with Crippen molar-refractivity contribution in [2.75, 3.05) is 27.9 Å². The lowest BCUT2D eigenvalue weighted by atomic mass is 10.2. The third kappa shape index (κ3) is 6.58. The summed E-state index contributed by atoms with van der Waals surface area (Å²) >= 11 is 0. The minimum atomic E-state index is -3.63.